The van der Waals surface area contributed by atoms with Gasteiger partial charge in [-0.1, -0.05) is 0 Å². The van der Waals surface area contributed by atoms with E-state index >= 15 is 0 Å². The number of rotatable bonds is 5. The molecular weight excluding hydrogens is 290 g/mol. The molecule has 0 saturated carbocycles. The summed E-state index contributed by atoms with van der Waals surface area (Å²) in [5.74, 6) is 0.805. The van der Waals surface area contributed by atoms with Crippen molar-refractivity contribution in [2.24, 2.45) is 7.05 Å². The number of aromatic nitrogens is 4. The highest BCUT2D eigenvalue weighted by atomic mass is 35.5. The average molecular weight is 312 g/mol. The molecule has 1 N–H and O–H groups in total. The normalized spacial score (nSPS) is 13.1. The molecular formula is C14H22ClN5O. The van der Waals surface area contributed by atoms with Crippen molar-refractivity contribution < 1.29 is 4.79 Å². The number of hydrogen-bond acceptors (Lipinski definition) is 3. The molecule has 6 nitrogen and oxygen atoms in total. The van der Waals surface area contributed by atoms with Crippen molar-refractivity contribution in [2.75, 3.05) is 0 Å². The predicted molar refractivity (Wildman–Crippen MR) is 83.4 cm³/mol. The Labute approximate surface area is 129 Å². The van der Waals surface area contributed by atoms with E-state index in [0.717, 1.165) is 22.7 Å². The number of carbonyl (C=O) groups is 1. The van der Waals surface area contributed by atoms with Crippen molar-refractivity contribution in [3.8, 4) is 0 Å². The molecule has 0 aliphatic heterocycles. The van der Waals surface area contributed by atoms with Crippen LogP contribution in [0.25, 0.3) is 11.2 Å². The van der Waals surface area contributed by atoms with Gasteiger partial charge in [-0.2, -0.15) is 5.10 Å². The molecule has 2 aromatic rings. The lowest BCUT2D eigenvalue weighted by molar-refractivity contribution is -0.121. The monoisotopic (exact) mass is 311 g/mol. The molecule has 0 fully saturated rings. The summed E-state index contributed by atoms with van der Waals surface area (Å²) in [5, 5.41) is 7.05. The molecule has 2 rings (SSSR count). The van der Waals surface area contributed by atoms with Gasteiger partial charge in [-0.25, -0.2) is 4.98 Å². The van der Waals surface area contributed by atoms with Crippen molar-refractivity contribution in [1.29, 1.82) is 0 Å². The van der Waals surface area contributed by atoms with E-state index in [1.165, 1.54) is 0 Å². The summed E-state index contributed by atoms with van der Waals surface area (Å²) in [6.07, 6.45) is 0.393. The third-order valence-corrected chi connectivity index (χ3v) is 3.48. The quantitative estimate of drug-likeness (QED) is 0.862. The Morgan fingerprint density at radius 1 is 1.38 bits per heavy atom. The Balaban J connectivity index is 2.32. The van der Waals surface area contributed by atoms with Crippen LogP contribution in [0.3, 0.4) is 0 Å². The summed E-state index contributed by atoms with van der Waals surface area (Å²) in [6.45, 7) is 8.25. The molecule has 0 aromatic carbocycles. The Bertz CT molecular complexity index is 656. The molecule has 116 valence electrons. The molecule has 0 aliphatic carbocycles. The second-order valence-electron chi connectivity index (χ2n) is 5.59. The van der Waals surface area contributed by atoms with Gasteiger partial charge in [0.25, 0.3) is 0 Å². The largest absolute Gasteiger partial charge is 0.354 e. The maximum absolute atomic E-state index is 11.9. The van der Waals surface area contributed by atoms with Gasteiger partial charge in [-0.05, 0) is 27.7 Å². The van der Waals surface area contributed by atoms with Crippen LogP contribution in [-0.4, -0.2) is 31.3 Å². The van der Waals surface area contributed by atoms with E-state index in [-0.39, 0.29) is 17.3 Å². The highest BCUT2D eigenvalue weighted by molar-refractivity contribution is 6.20. The van der Waals surface area contributed by atoms with Crippen molar-refractivity contribution in [3.63, 3.8) is 0 Å². The molecule has 0 spiro atoms. The first kappa shape index (κ1) is 15.8. The smallest absolute Gasteiger partial charge is 0.221 e. The van der Waals surface area contributed by atoms with Gasteiger partial charge >= 0.3 is 0 Å². The lowest BCUT2D eigenvalue weighted by atomic mass is 10.3. The molecule has 0 saturated heterocycles. The number of nitrogens with zero attached hydrogens (tertiary/aromatic N) is 4. The summed E-state index contributed by atoms with van der Waals surface area (Å²) in [7, 11) is 1.88. The maximum Gasteiger partial charge on any atom is 0.221 e. The van der Waals surface area contributed by atoms with E-state index in [2.05, 4.69) is 15.4 Å². The number of fused-ring (bicyclic) bond motifs is 1. The van der Waals surface area contributed by atoms with Crippen LogP contribution in [0.5, 0.6) is 0 Å². The van der Waals surface area contributed by atoms with Gasteiger partial charge in [-0.3, -0.25) is 9.48 Å². The second-order valence-corrected chi connectivity index (χ2v) is 6.25. The summed E-state index contributed by atoms with van der Waals surface area (Å²) in [4.78, 5) is 16.4. The van der Waals surface area contributed by atoms with E-state index < -0.39 is 0 Å². The zero-order valence-electron chi connectivity index (χ0n) is 13.1. The van der Waals surface area contributed by atoms with Gasteiger partial charge in [0.15, 0.2) is 5.65 Å². The van der Waals surface area contributed by atoms with E-state index in [1.54, 1.807) is 4.68 Å². The Hall–Kier alpha value is -1.56. The van der Waals surface area contributed by atoms with Gasteiger partial charge in [0, 0.05) is 26.1 Å². The highest BCUT2D eigenvalue weighted by Gasteiger charge is 2.20. The summed E-state index contributed by atoms with van der Waals surface area (Å²) in [5.41, 5.74) is 2.63. The summed E-state index contributed by atoms with van der Waals surface area (Å²) >= 11 is 6.23. The SMILES string of the molecule is Cc1nn(C)c2c1nc(C(C)Cl)n2CCC(=O)NC(C)C. The number of hydrogen-bond donors (Lipinski definition) is 1. The number of halogens is 1. The average Bonchev–Trinajstić information content (AvgIpc) is 2.86. The Morgan fingerprint density at radius 3 is 2.62 bits per heavy atom. The first-order valence-corrected chi connectivity index (χ1v) is 7.58. The molecule has 2 aromatic heterocycles. The molecule has 1 amide bonds. The number of carbonyl (C=O) groups excluding carboxylic acids is 1. The molecule has 1 atom stereocenters. The van der Waals surface area contributed by atoms with Gasteiger partial charge in [0.05, 0.1) is 11.1 Å². The van der Waals surface area contributed by atoms with Crippen LogP contribution < -0.4 is 5.32 Å². The second kappa shape index (κ2) is 6.05. The first-order valence-electron chi connectivity index (χ1n) is 7.14. The van der Waals surface area contributed by atoms with E-state index in [9.17, 15) is 4.79 Å². The number of alkyl halides is 1. The fourth-order valence-electron chi connectivity index (χ4n) is 2.48. The van der Waals surface area contributed by atoms with Gasteiger partial charge in [0.1, 0.15) is 11.3 Å². The van der Waals surface area contributed by atoms with Gasteiger partial charge in [-0.15, -0.1) is 11.6 Å². The third-order valence-electron chi connectivity index (χ3n) is 3.29. The van der Waals surface area contributed by atoms with Crippen LogP contribution >= 0.6 is 11.6 Å². The van der Waals surface area contributed by atoms with E-state index in [4.69, 9.17) is 11.6 Å². The molecule has 7 heteroatoms. The number of nitrogens with one attached hydrogen (secondary N) is 1. The minimum absolute atomic E-state index is 0.0268. The maximum atomic E-state index is 11.9. The van der Waals surface area contributed by atoms with Crippen LogP contribution in [0.1, 0.15) is 44.1 Å². The van der Waals surface area contributed by atoms with Crippen molar-refractivity contribution >= 4 is 28.7 Å². The molecule has 0 aliphatic rings. The van der Waals surface area contributed by atoms with Crippen molar-refractivity contribution in [3.05, 3.63) is 11.5 Å². The third kappa shape index (κ3) is 3.20. The zero-order valence-corrected chi connectivity index (χ0v) is 13.9. The Morgan fingerprint density at radius 2 is 2.05 bits per heavy atom. The van der Waals surface area contributed by atoms with E-state index in [0.29, 0.717) is 13.0 Å². The molecule has 0 radical (unpaired) electrons. The molecule has 21 heavy (non-hydrogen) atoms. The molecule has 1 unspecified atom stereocenters. The number of imidazole rings is 1. The van der Waals surface area contributed by atoms with Crippen LogP contribution in [0.15, 0.2) is 0 Å². The predicted octanol–water partition coefficient (Wildman–Crippen LogP) is 2.29. The standard InChI is InChI=1S/C14H22ClN5O/c1-8(2)16-11(21)6-7-20-13(9(3)15)17-12-10(4)18-19(5)14(12)20/h8-9H,6-7H2,1-5H3,(H,16,21). The van der Waals surface area contributed by atoms with Crippen LogP contribution in [0, 0.1) is 6.92 Å². The topological polar surface area (TPSA) is 64.7 Å². The molecule has 2 heterocycles. The Kier molecular flexibility index (Phi) is 4.56. The summed E-state index contributed by atoms with van der Waals surface area (Å²) < 4.78 is 3.79. The lowest BCUT2D eigenvalue weighted by Gasteiger charge is -2.12. The minimum atomic E-state index is -0.218. The minimum Gasteiger partial charge on any atom is -0.354 e. The van der Waals surface area contributed by atoms with Crippen molar-refractivity contribution in [1.82, 2.24) is 24.6 Å². The van der Waals surface area contributed by atoms with Gasteiger partial charge in [0.2, 0.25) is 5.91 Å². The zero-order chi connectivity index (χ0) is 15.7. The number of aryl methyl sites for hydroxylation is 3. The van der Waals surface area contributed by atoms with Gasteiger partial charge < -0.3 is 9.88 Å². The number of amides is 1. The summed E-state index contributed by atoms with van der Waals surface area (Å²) in [6, 6.07) is 0.144. The first-order chi connectivity index (χ1) is 9.81. The lowest BCUT2D eigenvalue weighted by Crippen LogP contribution is -2.30. The highest BCUT2D eigenvalue weighted by Crippen LogP contribution is 2.26. The van der Waals surface area contributed by atoms with Crippen LogP contribution in [0.4, 0.5) is 0 Å². The van der Waals surface area contributed by atoms with Crippen LogP contribution in [-0.2, 0) is 18.4 Å². The van der Waals surface area contributed by atoms with E-state index in [1.807, 2.05) is 39.3 Å². The molecule has 0 bridgehead atoms. The fourth-order valence-corrected chi connectivity index (χ4v) is 2.65. The fraction of sp³-hybridized carbons (Fsp3) is 0.643. The van der Waals surface area contributed by atoms with Crippen molar-refractivity contribution in [2.45, 2.75) is 52.1 Å². The van der Waals surface area contributed by atoms with Crippen LogP contribution in [0.2, 0.25) is 0 Å².